The largest absolute Gasteiger partial charge is 0.416 e. The molecular weight excluding hydrogens is 269 g/mol. The van der Waals surface area contributed by atoms with Crippen molar-refractivity contribution < 1.29 is 13.2 Å². The van der Waals surface area contributed by atoms with E-state index in [-0.39, 0.29) is 5.82 Å². The van der Waals surface area contributed by atoms with Gasteiger partial charge in [0.05, 0.1) is 5.56 Å². The minimum atomic E-state index is -4.37. The monoisotopic (exact) mass is 290 g/mol. The number of hydrogen-bond acceptors (Lipinski definition) is 4. The third-order valence-electron chi connectivity index (χ3n) is 2.89. The zero-order valence-corrected chi connectivity index (χ0v) is 12.3. The van der Waals surface area contributed by atoms with Gasteiger partial charge in [-0.1, -0.05) is 0 Å². The maximum Gasteiger partial charge on any atom is 0.416 e. The molecule has 1 N–H and O–H groups in total. The molecular formula is C13H21F3N4. The van der Waals surface area contributed by atoms with Crippen LogP contribution in [0.4, 0.5) is 24.8 Å². The van der Waals surface area contributed by atoms with Crippen molar-refractivity contribution in [3.8, 4) is 0 Å². The summed E-state index contributed by atoms with van der Waals surface area (Å²) in [6.45, 7) is 1.53. The quantitative estimate of drug-likeness (QED) is 0.872. The van der Waals surface area contributed by atoms with Crippen molar-refractivity contribution in [3.05, 3.63) is 17.7 Å². The summed E-state index contributed by atoms with van der Waals surface area (Å²) in [6.07, 6.45) is -3.51. The first-order chi connectivity index (χ1) is 9.24. The van der Waals surface area contributed by atoms with Crippen molar-refractivity contribution in [2.24, 2.45) is 0 Å². The minimum absolute atomic E-state index is 0.217. The lowest BCUT2D eigenvalue weighted by Gasteiger charge is -2.21. The van der Waals surface area contributed by atoms with E-state index >= 15 is 0 Å². The summed E-state index contributed by atoms with van der Waals surface area (Å²) >= 11 is 0. The summed E-state index contributed by atoms with van der Waals surface area (Å²) in [5.41, 5.74) is -0.689. The van der Waals surface area contributed by atoms with Crippen LogP contribution in [0.15, 0.2) is 12.1 Å². The fourth-order valence-electron chi connectivity index (χ4n) is 1.74. The molecule has 0 aliphatic rings. The van der Waals surface area contributed by atoms with Crippen molar-refractivity contribution in [2.75, 3.05) is 51.5 Å². The average molecular weight is 290 g/mol. The lowest BCUT2D eigenvalue weighted by molar-refractivity contribution is -0.137. The molecule has 1 aromatic heterocycles. The molecule has 20 heavy (non-hydrogen) atoms. The molecule has 0 radical (unpaired) electrons. The predicted octanol–water partition coefficient (Wildman–Crippen LogP) is 2.53. The molecule has 1 rings (SSSR count). The van der Waals surface area contributed by atoms with E-state index in [0.717, 1.165) is 25.1 Å². The summed E-state index contributed by atoms with van der Waals surface area (Å²) in [5, 5.41) is 2.66. The van der Waals surface area contributed by atoms with Gasteiger partial charge >= 0.3 is 6.18 Å². The molecule has 0 aliphatic heterocycles. The van der Waals surface area contributed by atoms with Crippen LogP contribution in [0.25, 0.3) is 0 Å². The van der Waals surface area contributed by atoms with Crippen molar-refractivity contribution in [2.45, 2.75) is 12.6 Å². The molecule has 0 aromatic carbocycles. The standard InChI is InChI=1S/C13H21F3N4/c1-17-11-8-10(13(14,15)16)9-12(18-11)20(4)7-5-6-19(2)3/h8-9H,5-7H2,1-4H3,(H,17,18). The summed E-state index contributed by atoms with van der Waals surface area (Å²) in [4.78, 5) is 7.93. The van der Waals surface area contributed by atoms with Crippen molar-refractivity contribution in [1.82, 2.24) is 9.88 Å². The number of pyridine rings is 1. The first-order valence-corrected chi connectivity index (χ1v) is 6.37. The van der Waals surface area contributed by atoms with Gasteiger partial charge in [0.2, 0.25) is 0 Å². The number of aromatic nitrogens is 1. The summed E-state index contributed by atoms with van der Waals surface area (Å²) in [5.74, 6) is 0.539. The maximum absolute atomic E-state index is 12.8. The summed E-state index contributed by atoms with van der Waals surface area (Å²) < 4.78 is 38.5. The Hall–Kier alpha value is -1.50. The van der Waals surface area contributed by atoms with Crippen LogP contribution in [0.1, 0.15) is 12.0 Å². The number of hydrogen-bond donors (Lipinski definition) is 1. The van der Waals surface area contributed by atoms with Gasteiger partial charge in [0, 0.05) is 20.6 Å². The highest BCUT2D eigenvalue weighted by molar-refractivity contribution is 5.50. The second-order valence-corrected chi connectivity index (χ2v) is 4.93. The van der Waals surface area contributed by atoms with Gasteiger partial charge in [-0.2, -0.15) is 13.2 Å². The number of halogens is 3. The summed E-state index contributed by atoms with van der Waals surface area (Å²) in [6, 6.07) is 2.09. The molecule has 0 spiro atoms. The average Bonchev–Trinajstić information content (AvgIpc) is 2.36. The lowest BCUT2D eigenvalue weighted by Crippen LogP contribution is -2.24. The Morgan fingerprint density at radius 1 is 1.15 bits per heavy atom. The molecule has 0 fully saturated rings. The molecule has 0 saturated carbocycles. The van der Waals surface area contributed by atoms with Gasteiger partial charge in [0.25, 0.3) is 0 Å². The van der Waals surface area contributed by atoms with Crippen LogP contribution in [0.3, 0.4) is 0 Å². The molecule has 0 atom stereocenters. The van der Waals surface area contributed by atoms with Gasteiger partial charge < -0.3 is 15.1 Å². The van der Waals surface area contributed by atoms with E-state index in [4.69, 9.17) is 0 Å². The van der Waals surface area contributed by atoms with E-state index in [1.54, 1.807) is 19.0 Å². The first-order valence-electron chi connectivity index (χ1n) is 6.37. The Morgan fingerprint density at radius 2 is 1.80 bits per heavy atom. The van der Waals surface area contributed by atoms with E-state index in [9.17, 15) is 13.2 Å². The van der Waals surface area contributed by atoms with Crippen LogP contribution < -0.4 is 10.2 Å². The Morgan fingerprint density at radius 3 is 2.30 bits per heavy atom. The van der Waals surface area contributed by atoms with Crippen LogP contribution in [0, 0.1) is 0 Å². The molecule has 4 nitrogen and oxygen atoms in total. The topological polar surface area (TPSA) is 31.4 Å². The highest BCUT2D eigenvalue weighted by Crippen LogP contribution is 2.32. The third kappa shape index (κ3) is 4.88. The third-order valence-corrected chi connectivity index (χ3v) is 2.89. The van der Waals surface area contributed by atoms with Gasteiger partial charge in [-0.05, 0) is 39.2 Å². The van der Waals surface area contributed by atoms with Gasteiger partial charge in [-0.15, -0.1) is 0 Å². The van der Waals surface area contributed by atoms with E-state index in [0.29, 0.717) is 12.4 Å². The van der Waals surface area contributed by atoms with Crippen molar-refractivity contribution >= 4 is 11.6 Å². The highest BCUT2D eigenvalue weighted by atomic mass is 19.4. The fourth-order valence-corrected chi connectivity index (χ4v) is 1.74. The molecule has 0 aliphatic carbocycles. The zero-order chi connectivity index (χ0) is 15.3. The molecule has 1 aromatic rings. The van der Waals surface area contributed by atoms with Crippen molar-refractivity contribution in [3.63, 3.8) is 0 Å². The van der Waals surface area contributed by atoms with Crippen LogP contribution in [-0.4, -0.2) is 51.2 Å². The second kappa shape index (κ2) is 6.78. The van der Waals surface area contributed by atoms with Gasteiger partial charge in [-0.3, -0.25) is 0 Å². The summed E-state index contributed by atoms with van der Waals surface area (Å²) in [7, 11) is 7.22. The molecule has 0 unspecified atom stereocenters. The molecule has 0 saturated heterocycles. The minimum Gasteiger partial charge on any atom is -0.373 e. The number of alkyl halides is 3. The Kier molecular flexibility index (Phi) is 5.62. The van der Waals surface area contributed by atoms with Gasteiger partial charge in [0.1, 0.15) is 11.6 Å². The van der Waals surface area contributed by atoms with Crippen LogP contribution in [-0.2, 0) is 6.18 Å². The van der Waals surface area contributed by atoms with E-state index in [1.807, 2.05) is 19.0 Å². The fraction of sp³-hybridized carbons (Fsp3) is 0.615. The molecule has 0 bridgehead atoms. The number of nitrogens with zero attached hydrogens (tertiary/aromatic N) is 3. The van der Waals surface area contributed by atoms with Crippen LogP contribution >= 0.6 is 0 Å². The van der Waals surface area contributed by atoms with Gasteiger partial charge in [0.15, 0.2) is 0 Å². The lowest BCUT2D eigenvalue weighted by atomic mass is 10.2. The van der Waals surface area contributed by atoms with Crippen LogP contribution in [0.2, 0.25) is 0 Å². The smallest absolute Gasteiger partial charge is 0.373 e. The Bertz CT molecular complexity index is 432. The zero-order valence-electron chi connectivity index (χ0n) is 12.3. The van der Waals surface area contributed by atoms with Gasteiger partial charge in [-0.25, -0.2) is 4.98 Å². The maximum atomic E-state index is 12.8. The second-order valence-electron chi connectivity index (χ2n) is 4.93. The van der Waals surface area contributed by atoms with E-state index in [1.165, 1.54) is 0 Å². The number of anilines is 2. The highest BCUT2D eigenvalue weighted by Gasteiger charge is 2.31. The van der Waals surface area contributed by atoms with Crippen molar-refractivity contribution in [1.29, 1.82) is 0 Å². The van der Waals surface area contributed by atoms with E-state index in [2.05, 4.69) is 10.3 Å². The Labute approximate surface area is 117 Å². The van der Waals surface area contributed by atoms with Crippen LogP contribution in [0.5, 0.6) is 0 Å². The SMILES string of the molecule is CNc1cc(C(F)(F)F)cc(N(C)CCCN(C)C)n1. The number of nitrogens with one attached hydrogen (secondary N) is 1. The number of rotatable bonds is 6. The molecule has 0 amide bonds. The molecule has 1 heterocycles. The molecule has 7 heteroatoms. The van der Waals surface area contributed by atoms with E-state index < -0.39 is 11.7 Å². The normalized spacial score (nSPS) is 11.8. The predicted molar refractivity (Wildman–Crippen MR) is 75.2 cm³/mol. The Balaban J connectivity index is 2.88. The molecule has 114 valence electrons. The first kappa shape index (κ1) is 16.6.